The number of H-pyrrole nitrogens is 1. The highest BCUT2D eigenvalue weighted by atomic mass is 16.3. The molecule has 1 aliphatic heterocycles. The van der Waals surface area contributed by atoms with Gasteiger partial charge in [0.15, 0.2) is 0 Å². The van der Waals surface area contributed by atoms with Crippen LogP contribution in [-0.2, 0) is 6.54 Å². The molecule has 2 N–H and O–H groups in total. The molecule has 0 bridgehead atoms. The van der Waals surface area contributed by atoms with E-state index in [9.17, 15) is 9.59 Å². The summed E-state index contributed by atoms with van der Waals surface area (Å²) in [5.74, 6) is 0.561. The number of amides is 1. The third-order valence-corrected chi connectivity index (χ3v) is 5.25. The monoisotopic (exact) mass is 365 g/mol. The molecule has 0 unspecified atom stereocenters. The van der Waals surface area contributed by atoms with Crippen molar-refractivity contribution in [3.05, 3.63) is 69.9 Å². The third kappa shape index (κ3) is 3.80. The van der Waals surface area contributed by atoms with Gasteiger partial charge in [-0.1, -0.05) is 18.2 Å². The summed E-state index contributed by atoms with van der Waals surface area (Å²) in [6, 6.07) is 11.6. The Bertz CT molecular complexity index is 1010. The molecule has 1 aliphatic rings. The second-order valence-electron chi connectivity index (χ2n) is 7.13. The Morgan fingerprint density at radius 3 is 2.78 bits per heavy atom. The largest absolute Gasteiger partial charge is 0.469 e. The zero-order valence-corrected chi connectivity index (χ0v) is 15.3. The molecule has 3 aromatic rings. The van der Waals surface area contributed by atoms with Crippen LogP contribution < -0.4 is 10.9 Å². The molecule has 0 atom stereocenters. The standard InChI is InChI=1S/C21H23N3O3/c1-14-18(8-11-27-14)21(26)22-17-6-9-24(10-7-17)13-16-12-15-4-2-3-5-19(15)23-20(16)25/h2-5,8,11-12,17H,6-7,9-10,13H2,1H3,(H,22,26)(H,23,25). The number of hydrogen-bond acceptors (Lipinski definition) is 4. The SMILES string of the molecule is Cc1occc1C(=O)NC1CCN(Cc2cc3ccccc3[nH]c2=O)CC1. The van der Waals surface area contributed by atoms with Crippen LogP contribution in [0.1, 0.15) is 34.5 Å². The molecular weight excluding hydrogens is 342 g/mol. The van der Waals surface area contributed by atoms with Crippen LogP contribution in [0, 0.1) is 6.92 Å². The Morgan fingerprint density at radius 1 is 1.26 bits per heavy atom. The van der Waals surface area contributed by atoms with Crippen LogP contribution in [0.15, 0.2) is 51.9 Å². The molecule has 1 fully saturated rings. The van der Waals surface area contributed by atoms with Crippen LogP contribution >= 0.6 is 0 Å². The van der Waals surface area contributed by atoms with E-state index in [4.69, 9.17) is 4.42 Å². The molecule has 0 radical (unpaired) electrons. The quantitative estimate of drug-likeness (QED) is 0.745. The normalized spacial score (nSPS) is 15.9. The molecular formula is C21H23N3O3. The fourth-order valence-electron chi connectivity index (χ4n) is 3.67. The fourth-order valence-corrected chi connectivity index (χ4v) is 3.67. The second-order valence-corrected chi connectivity index (χ2v) is 7.13. The maximum absolute atomic E-state index is 12.3. The van der Waals surface area contributed by atoms with Crippen molar-refractivity contribution in [2.75, 3.05) is 13.1 Å². The van der Waals surface area contributed by atoms with E-state index in [0.29, 0.717) is 17.9 Å². The number of rotatable bonds is 4. The Balaban J connectivity index is 1.36. The number of aromatic nitrogens is 1. The first-order valence-electron chi connectivity index (χ1n) is 9.28. The number of likely N-dealkylation sites (tertiary alicyclic amines) is 1. The minimum Gasteiger partial charge on any atom is -0.469 e. The van der Waals surface area contributed by atoms with E-state index in [1.54, 1.807) is 13.0 Å². The first kappa shape index (κ1) is 17.5. The van der Waals surface area contributed by atoms with Gasteiger partial charge in [0.2, 0.25) is 0 Å². The molecule has 6 nitrogen and oxygen atoms in total. The molecule has 1 aromatic carbocycles. The summed E-state index contributed by atoms with van der Waals surface area (Å²) in [4.78, 5) is 29.9. The minimum atomic E-state index is -0.0781. The molecule has 0 aliphatic carbocycles. The Morgan fingerprint density at radius 2 is 2.04 bits per heavy atom. The minimum absolute atomic E-state index is 0.0282. The number of benzene rings is 1. The number of furan rings is 1. The Hall–Kier alpha value is -2.86. The average molecular weight is 365 g/mol. The number of aryl methyl sites for hydroxylation is 1. The van der Waals surface area contributed by atoms with Gasteiger partial charge in [0.05, 0.1) is 11.8 Å². The van der Waals surface area contributed by atoms with Crippen molar-refractivity contribution in [1.82, 2.24) is 15.2 Å². The summed E-state index contributed by atoms with van der Waals surface area (Å²) in [6.07, 6.45) is 3.27. The lowest BCUT2D eigenvalue weighted by molar-refractivity contribution is 0.0907. The van der Waals surface area contributed by atoms with E-state index in [1.807, 2.05) is 30.3 Å². The number of piperidine rings is 1. The van der Waals surface area contributed by atoms with Crippen LogP contribution in [0.2, 0.25) is 0 Å². The van der Waals surface area contributed by atoms with Gasteiger partial charge in [0.25, 0.3) is 11.5 Å². The van der Waals surface area contributed by atoms with Gasteiger partial charge in [0, 0.05) is 36.8 Å². The summed E-state index contributed by atoms with van der Waals surface area (Å²) in [6.45, 7) is 4.11. The molecule has 6 heteroatoms. The number of pyridine rings is 1. The lowest BCUT2D eigenvalue weighted by Gasteiger charge is -2.32. The number of aromatic amines is 1. The fraction of sp³-hybridized carbons (Fsp3) is 0.333. The Labute approximate surface area is 157 Å². The van der Waals surface area contributed by atoms with Crippen LogP contribution in [0.3, 0.4) is 0 Å². The summed E-state index contributed by atoms with van der Waals surface area (Å²) in [5.41, 5.74) is 2.21. The molecule has 0 spiro atoms. The molecule has 3 heterocycles. The number of hydrogen-bond donors (Lipinski definition) is 2. The van der Waals surface area contributed by atoms with Crippen LogP contribution in [0.25, 0.3) is 10.9 Å². The maximum atomic E-state index is 12.3. The van der Waals surface area contributed by atoms with E-state index in [0.717, 1.165) is 42.4 Å². The lowest BCUT2D eigenvalue weighted by atomic mass is 10.0. The number of carbonyl (C=O) groups excluding carboxylic acids is 1. The summed E-state index contributed by atoms with van der Waals surface area (Å²) in [7, 11) is 0. The first-order chi connectivity index (χ1) is 13.1. The number of nitrogens with one attached hydrogen (secondary N) is 2. The van der Waals surface area contributed by atoms with E-state index in [2.05, 4.69) is 15.2 Å². The molecule has 0 saturated carbocycles. The lowest BCUT2D eigenvalue weighted by Crippen LogP contribution is -2.44. The van der Waals surface area contributed by atoms with Gasteiger partial charge in [-0.15, -0.1) is 0 Å². The van der Waals surface area contributed by atoms with Gasteiger partial charge < -0.3 is 14.7 Å². The summed E-state index contributed by atoms with van der Waals surface area (Å²) >= 11 is 0. The third-order valence-electron chi connectivity index (χ3n) is 5.25. The Kier molecular flexibility index (Phi) is 4.81. The predicted molar refractivity (Wildman–Crippen MR) is 104 cm³/mol. The van der Waals surface area contributed by atoms with Gasteiger partial charge in [-0.2, -0.15) is 0 Å². The smallest absolute Gasteiger partial charge is 0.255 e. The van der Waals surface area contributed by atoms with Gasteiger partial charge in [-0.25, -0.2) is 0 Å². The van der Waals surface area contributed by atoms with Crippen molar-refractivity contribution in [3.63, 3.8) is 0 Å². The number of para-hydroxylation sites is 1. The van der Waals surface area contributed by atoms with E-state index >= 15 is 0 Å². The highest BCUT2D eigenvalue weighted by Gasteiger charge is 2.23. The van der Waals surface area contributed by atoms with Gasteiger partial charge in [0.1, 0.15) is 5.76 Å². The van der Waals surface area contributed by atoms with Gasteiger partial charge >= 0.3 is 0 Å². The van der Waals surface area contributed by atoms with Crippen molar-refractivity contribution in [1.29, 1.82) is 0 Å². The summed E-state index contributed by atoms with van der Waals surface area (Å²) < 4.78 is 5.20. The van der Waals surface area contributed by atoms with Crippen molar-refractivity contribution < 1.29 is 9.21 Å². The maximum Gasteiger partial charge on any atom is 0.255 e. The summed E-state index contributed by atoms with van der Waals surface area (Å²) in [5, 5.41) is 4.13. The number of carbonyl (C=O) groups is 1. The van der Waals surface area contributed by atoms with Crippen LogP contribution in [0.5, 0.6) is 0 Å². The van der Waals surface area contributed by atoms with Crippen molar-refractivity contribution in [2.24, 2.45) is 0 Å². The van der Waals surface area contributed by atoms with E-state index in [-0.39, 0.29) is 17.5 Å². The number of nitrogens with zero attached hydrogens (tertiary/aromatic N) is 1. The van der Waals surface area contributed by atoms with E-state index in [1.165, 1.54) is 6.26 Å². The van der Waals surface area contributed by atoms with Crippen molar-refractivity contribution in [3.8, 4) is 0 Å². The zero-order valence-electron chi connectivity index (χ0n) is 15.3. The van der Waals surface area contributed by atoms with Crippen LogP contribution in [-0.4, -0.2) is 34.9 Å². The van der Waals surface area contributed by atoms with Crippen LogP contribution in [0.4, 0.5) is 0 Å². The molecule has 1 saturated heterocycles. The topological polar surface area (TPSA) is 78.3 Å². The van der Waals surface area contributed by atoms with Crippen molar-refractivity contribution >= 4 is 16.8 Å². The number of fused-ring (bicyclic) bond motifs is 1. The molecule has 140 valence electrons. The molecule has 4 rings (SSSR count). The molecule has 27 heavy (non-hydrogen) atoms. The second kappa shape index (κ2) is 7.40. The predicted octanol–water partition coefficient (Wildman–Crippen LogP) is 2.82. The highest BCUT2D eigenvalue weighted by Crippen LogP contribution is 2.16. The average Bonchev–Trinajstić information content (AvgIpc) is 3.10. The van der Waals surface area contributed by atoms with Gasteiger partial charge in [-0.3, -0.25) is 14.5 Å². The zero-order chi connectivity index (χ0) is 18.8. The molecule has 2 aromatic heterocycles. The molecule has 1 amide bonds. The van der Waals surface area contributed by atoms with Crippen molar-refractivity contribution in [2.45, 2.75) is 32.4 Å². The van der Waals surface area contributed by atoms with Gasteiger partial charge in [-0.05, 0) is 43.4 Å². The highest BCUT2D eigenvalue weighted by molar-refractivity contribution is 5.95. The first-order valence-corrected chi connectivity index (χ1v) is 9.28. The van der Waals surface area contributed by atoms with E-state index < -0.39 is 0 Å².